The van der Waals surface area contributed by atoms with E-state index in [0.717, 1.165) is 51.5 Å². The van der Waals surface area contributed by atoms with Gasteiger partial charge in [-0.2, -0.15) is 0 Å². The summed E-state index contributed by atoms with van der Waals surface area (Å²) in [4.78, 5) is 14.4. The maximum atomic E-state index is 12.5. The average molecular weight is 253 g/mol. The summed E-state index contributed by atoms with van der Waals surface area (Å²) < 4.78 is 0. The first kappa shape index (κ1) is 13.2. The molecule has 1 atom stereocenters. The molecule has 18 heavy (non-hydrogen) atoms. The van der Waals surface area contributed by atoms with Crippen molar-refractivity contribution in [3.63, 3.8) is 0 Å². The lowest BCUT2D eigenvalue weighted by atomic mass is 9.87. The molecule has 1 aliphatic heterocycles. The lowest BCUT2D eigenvalue weighted by Crippen LogP contribution is -2.52. The van der Waals surface area contributed by atoms with Crippen molar-refractivity contribution in [1.82, 2.24) is 4.90 Å². The van der Waals surface area contributed by atoms with E-state index in [-0.39, 0.29) is 23.7 Å². The molecule has 5 heteroatoms. The molecule has 0 bridgehead atoms. The maximum Gasteiger partial charge on any atom is 0.226 e. The number of hydrogen-bond donors (Lipinski definition) is 2. The van der Waals surface area contributed by atoms with Crippen LogP contribution in [0.25, 0.3) is 0 Å². The van der Waals surface area contributed by atoms with Gasteiger partial charge in [-0.1, -0.05) is 24.4 Å². The molecular formula is C13H23N3O2. The Morgan fingerprint density at radius 1 is 1.11 bits per heavy atom. The van der Waals surface area contributed by atoms with Gasteiger partial charge in [-0.05, 0) is 32.1 Å². The van der Waals surface area contributed by atoms with Crippen LogP contribution in [-0.4, -0.2) is 34.4 Å². The van der Waals surface area contributed by atoms with Crippen LogP contribution in [0.1, 0.15) is 51.4 Å². The van der Waals surface area contributed by atoms with E-state index in [1.165, 1.54) is 6.42 Å². The van der Waals surface area contributed by atoms with Crippen molar-refractivity contribution >= 4 is 11.7 Å². The number of piperidine rings is 1. The van der Waals surface area contributed by atoms with Gasteiger partial charge in [-0.25, -0.2) is 0 Å². The number of amides is 1. The molecule has 0 radical (unpaired) electrons. The van der Waals surface area contributed by atoms with Crippen LogP contribution in [0.2, 0.25) is 0 Å². The highest BCUT2D eigenvalue weighted by atomic mass is 16.4. The summed E-state index contributed by atoms with van der Waals surface area (Å²) in [7, 11) is 0. The highest BCUT2D eigenvalue weighted by Gasteiger charge is 2.34. The molecule has 0 spiro atoms. The van der Waals surface area contributed by atoms with Crippen LogP contribution >= 0.6 is 0 Å². The number of hydrogen-bond acceptors (Lipinski definition) is 3. The monoisotopic (exact) mass is 253 g/mol. The third-order valence-electron chi connectivity index (χ3n) is 4.20. The summed E-state index contributed by atoms with van der Waals surface area (Å²) in [5, 5.41) is 11.9. The van der Waals surface area contributed by atoms with Gasteiger partial charge in [0.2, 0.25) is 5.91 Å². The van der Waals surface area contributed by atoms with Crippen LogP contribution in [0.15, 0.2) is 5.16 Å². The molecule has 1 aliphatic carbocycles. The van der Waals surface area contributed by atoms with Gasteiger partial charge >= 0.3 is 0 Å². The standard InChI is InChI=1S/C13H23N3O2/c14-12(15-18)11-8-4-5-9-16(11)13(17)10-6-2-1-3-7-10/h10-11,18H,1-9H2,(H2,14,15). The first-order valence-electron chi connectivity index (χ1n) is 7.02. The first-order valence-corrected chi connectivity index (χ1v) is 7.02. The lowest BCUT2D eigenvalue weighted by molar-refractivity contribution is -0.138. The fourth-order valence-electron chi connectivity index (χ4n) is 3.15. The zero-order valence-corrected chi connectivity index (χ0v) is 10.8. The molecule has 2 fully saturated rings. The van der Waals surface area contributed by atoms with Gasteiger partial charge in [0.05, 0.1) is 6.04 Å². The minimum Gasteiger partial charge on any atom is -0.409 e. The van der Waals surface area contributed by atoms with Crippen molar-refractivity contribution in [2.24, 2.45) is 16.8 Å². The van der Waals surface area contributed by atoms with Crippen LogP contribution in [0.3, 0.4) is 0 Å². The van der Waals surface area contributed by atoms with E-state index in [2.05, 4.69) is 5.16 Å². The van der Waals surface area contributed by atoms with E-state index in [4.69, 9.17) is 10.9 Å². The number of likely N-dealkylation sites (tertiary alicyclic amines) is 1. The molecule has 2 aliphatic rings. The van der Waals surface area contributed by atoms with Gasteiger partial charge in [0.15, 0.2) is 5.84 Å². The Hall–Kier alpha value is -1.26. The fraction of sp³-hybridized carbons (Fsp3) is 0.846. The molecule has 1 saturated carbocycles. The molecule has 5 nitrogen and oxygen atoms in total. The number of amidine groups is 1. The normalized spacial score (nSPS) is 27.2. The predicted molar refractivity (Wildman–Crippen MR) is 69.3 cm³/mol. The highest BCUT2D eigenvalue weighted by Crippen LogP contribution is 2.28. The number of carbonyl (C=O) groups excluding carboxylic acids is 1. The zero-order valence-electron chi connectivity index (χ0n) is 10.8. The molecular weight excluding hydrogens is 230 g/mol. The Labute approximate surface area is 108 Å². The summed E-state index contributed by atoms with van der Waals surface area (Å²) >= 11 is 0. The van der Waals surface area contributed by atoms with E-state index in [9.17, 15) is 4.79 Å². The average Bonchev–Trinajstić information content (AvgIpc) is 2.46. The SMILES string of the molecule is NC(=NO)C1CCCCN1C(=O)C1CCCCC1. The number of rotatable bonds is 2. The number of oxime groups is 1. The van der Waals surface area contributed by atoms with Crippen LogP contribution in [0.5, 0.6) is 0 Å². The molecule has 3 N–H and O–H groups in total. The van der Waals surface area contributed by atoms with E-state index < -0.39 is 0 Å². The highest BCUT2D eigenvalue weighted by molar-refractivity contribution is 5.90. The topological polar surface area (TPSA) is 78.9 Å². The van der Waals surface area contributed by atoms with Gasteiger partial charge in [0, 0.05) is 12.5 Å². The molecule has 1 unspecified atom stereocenters. The van der Waals surface area contributed by atoms with Crippen LogP contribution < -0.4 is 5.73 Å². The number of nitrogens with two attached hydrogens (primary N) is 1. The molecule has 0 aromatic rings. The second-order valence-electron chi connectivity index (χ2n) is 5.40. The van der Waals surface area contributed by atoms with Gasteiger partial charge in [0.1, 0.15) is 0 Å². The molecule has 1 saturated heterocycles. The lowest BCUT2D eigenvalue weighted by Gasteiger charge is -2.37. The van der Waals surface area contributed by atoms with Crippen LogP contribution in [-0.2, 0) is 4.79 Å². The van der Waals surface area contributed by atoms with Crippen molar-refractivity contribution in [1.29, 1.82) is 0 Å². The van der Waals surface area contributed by atoms with Gasteiger partial charge in [0.25, 0.3) is 0 Å². The fourth-order valence-corrected chi connectivity index (χ4v) is 3.15. The smallest absolute Gasteiger partial charge is 0.226 e. The molecule has 1 heterocycles. The summed E-state index contributed by atoms with van der Waals surface area (Å²) in [6, 6.07) is -0.196. The second-order valence-corrected chi connectivity index (χ2v) is 5.40. The summed E-state index contributed by atoms with van der Waals surface area (Å²) in [6.45, 7) is 0.746. The summed E-state index contributed by atoms with van der Waals surface area (Å²) in [5.41, 5.74) is 5.71. The van der Waals surface area contributed by atoms with Gasteiger partial charge in [-0.15, -0.1) is 0 Å². The van der Waals surface area contributed by atoms with Crippen molar-refractivity contribution in [3.8, 4) is 0 Å². The van der Waals surface area contributed by atoms with E-state index in [1.54, 1.807) is 0 Å². The van der Waals surface area contributed by atoms with Crippen molar-refractivity contribution in [2.45, 2.75) is 57.4 Å². The minimum atomic E-state index is -0.196. The molecule has 102 valence electrons. The zero-order chi connectivity index (χ0) is 13.0. The van der Waals surface area contributed by atoms with E-state index in [0.29, 0.717) is 0 Å². The Kier molecular flexibility index (Phi) is 4.44. The Morgan fingerprint density at radius 2 is 1.78 bits per heavy atom. The largest absolute Gasteiger partial charge is 0.409 e. The van der Waals surface area contributed by atoms with E-state index >= 15 is 0 Å². The van der Waals surface area contributed by atoms with Crippen molar-refractivity contribution in [2.75, 3.05) is 6.54 Å². The molecule has 0 aromatic heterocycles. The van der Waals surface area contributed by atoms with Gasteiger partial charge in [-0.3, -0.25) is 4.79 Å². The molecule has 2 rings (SSSR count). The number of carbonyl (C=O) groups is 1. The first-order chi connectivity index (χ1) is 8.74. The maximum absolute atomic E-state index is 12.5. The number of nitrogens with zero attached hydrogens (tertiary/aromatic N) is 2. The van der Waals surface area contributed by atoms with E-state index in [1.807, 2.05) is 4.90 Å². The Morgan fingerprint density at radius 3 is 2.44 bits per heavy atom. The Balaban J connectivity index is 2.05. The molecule has 1 amide bonds. The minimum absolute atomic E-state index is 0.158. The third-order valence-corrected chi connectivity index (χ3v) is 4.20. The third kappa shape index (κ3) is 2.76. The quantitative estimate of drug-likeness (QED) is 0.340. The van der Waals surface area contributed by atoms with Crippen LogP contribution in [0, 0.1) is 5.92 Å². The summed E-state index contributed by atoms with van der Waals surface area (Å²) in [5.74, 6) is 0.552. The van der Waals surface area contributed by atoms with Crippen molar-refractivity contribution < 1.29 is 10.0 Å². The summed E-state index contributed by atoms with van der Waals surface area (Å²) in [6.07, 6.45) is 8.41. The predicted octanol–water partition coefficient (Wildman–Crippen LogP) is 1.69. The van der Waals surface area contributed by atoms with Crippen LogP contribution in [0.4, 0.5) is 0 Å². The second kappa shape index (κ2) is 6.07. The molecule has 0 aromatic carbocycles. The van der Waals surface area contributed by atoms with Crippen molar-refractivity contribution in [3.05, 3.63) is 0 Å². The van der Waals surface area contributed by atoms with Gasteiger partial charge < -0.3 is 15.8 Å². The Bertz CT molecular complexity index is 324.